The second-order valence-electron chi connectivity index (χ2n) is 4.13. The molecule has 1 atom stereocenters. The van der Waals surface area contributed by atoms with Crippen molar-refractivity contribution in [3.05, 3.63) is 21.9 Å². The third kappa shape index (κ3) is 5.08. The molecule has 0 saturated heterocycles. The van der Waals surface area contributed by atoms with Crippen LogP contribution in [0.2, 0.25) is 0 Å². The minimum absolute atomic E-state index is 0.0496. The number of rotatable bonds is 6. The average Bonchev–Trinajstić information content (AvgIpc) is 2.61. The van der Waals surface area contributed by atoms with Gasteiger partial charge in [0.2, 0.25) is 0 Å². The summed E-state index contributed by atoms with van der Waals surface area (Å²) in [5, 5.41) is 7.31. The van der Waals surface area contributed by atoms with E-state index in [1.54, 1.807) is 11.3 Å². The number of hydrogen-bond donors (Lipinski definition) is 1. The van der Waals surface area contributed by atoms with Gasteiger partial charge in [0.1, 0.15) is 0 Å². The van der Waals surface area contributed by atoms with Crippen LogP contribution in [0, 0.1) is 6.92 Å². The first kappa shape index (κ1) is 14.5. The van der Waals surface area contributed by atoms with E-state index in [4.69, 9.17) is 0 Å². The molecule has 0 saturated carbocycles. The molecule has 1 heterocycles. The molecule has 0 amide bonds. The summed E-state index contributed by atoms with van der Waals surface area (Å²) in [4.78, 5) is 0. The molecule has 0 aliphatic rings. The topological polar surface area (TPSA) is 12.0 Å². The lowest BCUT2D eigenvalue weighted by Gasteiger charge is -2.18. The molecule has 0 radical (unpaired) electrons. The molecule has 1 aromatic heterocycles. The second kappa shape index (κ2) is 6.40. The van der Waals surface area contributed by atoms with Crippen molar-refractivity contribution in [1.82, 2.24) is 5.32 Å². The fourth-order valence-corrected chi connectivity index (χ4v) is 2.75. The van der Waals surface area contributed by atoms with E-state index >= 15 is 0 Å². The Hall–Kier alpha value is -0.550. The molecule has 0 spiro atoms. The van der Waals surface area contributed by atoms with E-state index in [0.29, 0.717) is 6.42 Å². The van der Waals surface area contributed by atoms with Crippen molar-refractivity contribution < 1.29 is 13.2 Å². The molecule has 1 rings (SSSR count). The lowest BCUT2D eigenvalue weighted by Crippen LogP contribution is -2.21. The summed E-state index contributed by atoms with van der Waals surface area (Å²) in [6.45, 7) is 4.74. The van der Waals surface area contributed by atoms with Crippen molar-refractivity contribution in [3.8, 4) is 0 Å². The third-order valence-corrected chi connectivity index (χ3v) is 3.55. The van der Waals surface area contributed by atoms with Crippen LogP contribution in [0.3, 0.4) is 0 Å². The van der Waals surface area contributed by atoms with Gasteiger partial charge in [-0.1, -0.05) is 6.92 Å². The summed E-state index contributed by atoms with van der Waals surface area (Å²) >= 11 is 1.60. The summed E-state index contributed by atoms with van der Waals surface area (Å²) < 4.78 is 36.3. The van der Waals surface area contributed by atoms with Crippen LogP contribution in [0.4, 0.5) is 13.2 Å². The van der Waals surface area contributed by atoms with Gasteiger partial charge < -0.3 is 5.32 Å². The zero-order valence-corrected chi connectivity index (χ0v) is 10.9. The molecule has 0 aliphatic carbocycles. The van der Waals surface area contributed by atoms with Crippen molar-refractivity contribution in [1.29, 1.82) is 0 Å². The summed E-state index contributed by atoms with van der Waals surface area (Å²) in [7, 11) is 0. The highest BCUT2D eigenvalue weighted by molar-refractivity contribution is 7.08. The Morgan fingerprint density at radius 1 is 1.35 bits per heavy atom. The van der Waals surface area contributed by atoms with Crippen molar-refractivity contribution >= 4 is 11.3 Å². The fourth-order valence-electron chi connectivity index (χ4n) is 1.85. The predicted octanol–water partition coefficient (Wildman–Crippen LogP) is 4.44. The van der Waals surface area contributed by atoms with Gasteiger partial charge in [-0.25, -0.2) is 0 Å². The van der Waals surface area contributed by atoms with Crippen LogP contribution in [0.5, 0.6) is 0 Å². The second-order valence-corrected chi connectivity index (χ2v) is 4.87. The first-order chi connectivity index (χ1) is 7.94. The maximum Gasteiger partial charge on any atom is 0.389 e. The first-order valence-electron chi connectivity index (χ1n) is 5.77. The molecule has 0 fully saturated rings. The normalized spacial score (nSPS) is 13.9. The summed E-state index contributed by atoms with van der Waals surface area (Å²) in [5.41, 5.74) is 2.30. The molecule has 0 aromatic carbocycles. The van der Waals surface area contributed by atoms with Gasteiger partial charge in [0.15, 0.2) is 0 Å². The number of hydrogen-bond acceptors (Lipinski definition) is 2. The highest BCUT2D eigenvalue weighted by Crippen LogP contribution is 2.29. The smallest absolute Gasteiger partial charge is 0.310 e. The molecule has 17 heavy (non-hydrogen) atoms. The monoisotopic (exact) mass is 265 g/mol. The van der Waals surface area contributed by atoms with Crippen LogP contribution in [-0.4, -0.2) is 12.7 Å². The summed E-state index contributed by atoms with van der Waals surface area (Å²) in [5.74, 6) is 0. The lowest BCUT2D eigenvalue weighted by molar-refractivity contribution is -0.135. The highest BCUT2D eigenvalue weighted by Gasteiger charge is 2.27. The van der Waals surface area contributed by atoms with Crippen molar-refractivity contribution in [2.45, 2.75) is 45.3 Å². The zero-order valence-electron chi connectivity index (χ0n) is 10.1. The molecule has 5 heteroatoms. The summed E-state index contributed by atoms with van der Waals surface area (Å²) in [6.07, 6.45) is -4.03. The van der Waals surface area contributed by atoms with Crippen molar-refractivity contribution in [3.63, 3.8) is 0 Å². The molecule has 0 aliphatic heterocycles. The third-order valence-electron chi connectivity index (χ3n) is 2.67. The number of alkyl halides is 3. The molecule has 1 nitrogen and oxygen atoms in total. The fraction of sp³-hybridized carbons (Fsp3) is 0.667. The number of halogens is 3. The number of thiophene rings is 1. The summed E-state index contributed by atoms with van der Waals surface area (Å²) in [6, 6.07) is 0.0496. The minimum Gasteiger partial charge on any atom is -0.310 e. The predicted molar refractivity (Wildman–Crippen MR) is 65.4 cm³/mol. The first-order valence-corrected chi connectivity index (χ1v) is 6.71. The van der Waals surface area contributed by atoms with Gasteiger partial charge in [0, 0.05) is 12.5 Å². The van der Waals surface area contributed by atoms with Crippen molar-refractivity contribution in [2.24, 2.45) is 0 Å². The van der Waals surface area contributed by atoms with E-state index in [0.717, 1.165) is 17.7 Å². The van der Waals surface area contributed by atoms with Crippen LogP contribution < -0.4 is 5.32 Å². The van der Waals surface area contributed by atoms with E-state index in [1.807, 2.05) is 24.6 Å². The van der Waals surface area contributed by atoms with Gasteiger partial charge in [-0.2, -0.15) is 24.5 Å². The van der Waals surface area contributed by atoms with Crippen LogP contribution in [0.1, 0.15) is 43.4 Å². The molecular formula is C12H18F3NS. The molecule has 1 unspecified atom stereocenters. The standard InChI is InChI=1S/C12H18F3NS/c1-3-16-11(5-4-6-12(13,14)15)10-8-17-7-9(10)2/h7-8,11,16H,3-6H2,1-2H3. The zero-order chi connectivity index (χ0) is 12.9. The van der Waals surface area contributed by atoms with Crippen LogP contribution >= 0.6 is 11.3 Å². The van der Waals surface area contributed by atoms with Gasteiger partial charge in [-0.15, -0.1) is 0 Å². The Morgan fingerprint density at radius 3 is 2.53 bits per heavy atom. The van der Waals surface area contributed by atoms with E-state index in [2.05, 4.69) is 5.32 Å². The van der Waals surface area contributed by atoms with E-state index in [-0.39, 0.29) is 12.5 Å². The number of aryl methyl sites for hydroxylation is 1. The molecule has 98 valence electrons. The van der Waals surface area contributed by atoms with E-state index in [9.17, 15) is 13.2 Å². The van der Waals surface area contributed by atoms with Gasteiger partial charge in [-0.05, 0) is 48.2 Å². The van der Waals surface area contributed by atoms with Crippen LogP contribution in [0.15, 0.2) is 10.8 Å². The highest BCUT2D eigenvalue weighted by atomic mass is 32.1. The van der Waals surface area contributed by atoms with Gasteiger partial charge >= 0.3 is 6.18 Å². The minimum atomic E-state index is -4.04. The Labute approximate surface area is 104 Å². The maximum atomic E-state index is 12.1. The molecular weight excluding hydrogens is 247 g/mol. The van der Waals surface area contributed by atoms with Crippen LogP contribution in [0.25, 0.3) is 0 Å². The molecule has 1 aromatic rings. The maximum absolute atomic E-state index is 12.1. The SMILES string of the molecule is CCNC(CCCC(F)(F)F)c1cscc1C. The van der Waals surface area contributed by atoms with E-state index in [1.165, 1.54) is 0 Å². The Bertz CT molecular complexity index is 333. The van der Waals surface area contributed by atoms with Crippen LogP contribution in [-0.2, 0) is 0 Å². The van der Waals surface area contributed by atoms with Crippen molar-refractivity contribution in [2.75, 3.05) is 6.54 Å². The van der Waals surface area contributed by atoms with Gasteiger partial charge in [0.25, 0.3) is 0 Å². The molecule has 0 bridgehead atoms. The Balaban J connectivity index is 2.53. The Kier molecular flexibility index (Phi) is 5.46. The number of nitrogens with one attached hydrogen (secondary N) is 1. The van der Waals surface area contributed by atoms with Gasteiger partial charge in [-0.3, -0.25) is 0 Å². The molecule has 1 N–H and O–H groups in total. The Morgan fingerprint density at radius 2 is 2.06 bits per heavy atom. The largest absolute Gasteiger partial charge is 0.389 e. The lowest BCUT2D eigenvalue weighted by atomic mass is 10.0. The van der Waals surface area contributed by atoms with Gasteiger partial charge in [0.05, 0.1) is 0 Å². The quantitative estimate of drug-likeness (QED) is 0.801. The average molecular weight is 265 g/mol. The van der Waals surface area contributed by atoms with E-state index < -0.39 is 12.6 Å².